The number of ether oxygens (including phenoxy) is 1. The van der Waals surface area contributed by atoms with Gasteiger partial charge in [-0.3, -0.25) is 0 Å². The minimum absolute atomic E-state index is 0.236. The highest BCUT2D eigenvalue weighted by Crippen LogP contribution is 2.19. The molecule has 0 atom stereocenters. The van der Waals surface area contributed by atoms with E-state index in [1.807, 2.05) is 45.0 Å². The van der Waals surface area contributed by atoms with E-state index in [-0.39, 0.29) is 5.97 Å². The first-order valence-corrected chi connectivity index (χ1v) is 5.48. The molecule has 2 heteroatoms. The molecular weight excluding hydrogens is 200 g/mol. The average molecular weight is 218 g/mol. The zero-order valence-corrected chi connectivity index (χ0v) is 10.3. The maximum absolute atomic E-state index is 11.5. The van der Waals surface area contributed by atoms with Crippen molar-refractivity contribution < 1.29 is 9.53 Å². The highest BCUT2D eigenvalue weighted by atomic mass is 16.5. The van der Waals surface area contributed by atoms with Crippen molar-refractivity contribution in [1.29, 1.82) is 0 Å². The molecule has 0 fully saturated rings. The molecule has 86 valence electrons. The van der Waals surface area contributed by atoms with Gasteiger partial charge in [-0.2, -0.15) is 0 Å². The molecule has 0 aliphatic carbocycles. The highest BCUT2D eigenvalue weighted by molar-refractivity contribution is 5.96. The Labute approximate surface area is 96.9 Å². The molecule has 1 aromatic rings. The Morgan fingerprint density at radius 2 is 1.75 bits per heavy atom. The quantitative estimate of drug-likeness (QED) is 0.574. The van der Waals surface area contributed by atoms with Gasteiger partial charge in [0.05, 0.1) is 6.61 Å². The molecule has 0 aromatic heterocycles. The minimum atomic E-state index is -0.236. The fraction of sp³-hybridized carbons (Fsp3) is 0.357. The molecule has 0 saturated carbocycles. The second-order valence-electron chi connectivity index (χ2n) is 3.84. The topological polar surface area (TPSA) is 26.3 Å². The van der Waals surface area contributed by atoms with Crippen molar-refractivity contribution in [3.05, 3.63) is 41.0 Å². The van der Waals surface area contributed by atoms with E-state index >= 15 is 0 Å². The summed E-state index contributed by atoms with van der Waals surface area (Å²) in [7, 11) is 0. The fourth-order valence-electron chi connectivity index (χ4n) is 1.41. The van der Waals surface area contributed by atoms with E-state index in [9.17, 15) is 4.79 Å². The van der Waals surface area contributed by atoms with E-state index < -0.39 is 0 Å². The van der Waals surface area contributed by atoms with Crippen LogP contribution in [0, 0.1) is 6.92 Å². The summed E-state index contributed by atoms with van der Waals surface area (Å²) in [5, 5.41) is 0. The monoisotopic (exact) mass is 218 g/mol. The molecular formula is C14H18O2. The molecule has 0 heterocycles. The van der Waals surface area contributed by atoms with Crippen LogP contribution in [-0.2, 0) is 9.53 Å². The molecule has 1 rings (SSSR count). The number of aryl methyl sites for hydroxylation is 1. The molecule has 0 amide bonds. The first kappa shape index (κ1) is 12.5. The van der Waals surface area contributed by atoms with Crippen molar-refractivity contribution >= 4 is 11.5 Å². The maximum Gasteiger partial charge on any atom is 0.333 e. The number of hydrogen-bond acceptors (Lipinski definition) is 2. The predicted octanol–water partition coefficient (Wildman–Crippen LogP) is 3.35. The van der Waals surface area contributed by atoms with Crippen LogP contribution in [0.3, 0.4) is 0 Å². The molecule has 2 nitrogen and oxygen atoms in total. The van der Waals surface area contributed by atoms with Crippen LogP contribution in [0.1, 0.15) is 31.9 Å². The maximum atomic E-state index is 11.5. The smallest absolute Gasteiger partial charge is 0.333 e. The van der Waals surface area contributed by atoms with Gasteiger partial charge in [-0.05, 0) is 38.8 Å². The predicted molar refractivity (Wildman–Crippen MR) is 66.1 cm³/mol. The van der Waals surface area contributed by atoms with Gasteiger partial charge in [-0.1, -0.05) is 29.8 Å². The fourth-order valence-corrected chi connectivity index (χ4v) is 1.41. The zero-order chi connectivity index (χ0) is 12.1. The van der Waals surface area contributed by atoms with E-state index in [1.165, 1.54) is 5.56 Å². The van der Waals surface area contributed by atoms with Gasteiger partial charge < -0.3 is 4.74 Å². The number of carbonyl (C=O) groups is 1. The van der Waals surface area contributed by atoms with Gasteiger partial charge in [0.1, 0.15) is 0 Å². The van der Waals surface area contributed by atoms with Crippen molar-refractivity contribution in [2.24, 2.45) is 0 Å². The number of hydrogen-bond donors (Lipinski definition) is 0. The van der Waals surface area contributed by atoms with Crippen LogP contribution in [0.2, 0.25) is 0 Å². The van der Waals surface area contributed by atoms with Crippen molar-refractivity contribution in [2.75, 3.05) is 6.61 Å². The van der Waals surface area contributed by atoms with E-state index in [2.05, 4.69) is 0 Å². The standard InChI is InChI=1S/C14H18O2/c1-5-16-14(15)12(4)11(3)13-8-6-10(2)7-9-13/h6-9H,5H2,1-4H3/b12-11+. The third kappa shape index (κ3) is 2.96. The van der Waals surface area contributed by atoms with Crippen molar-refractivity contribution in [3.8, 4) is 0 Å². The Balaban J connectivity index is 2.99. The van der Waals surface area contributed by atoms with E-state index in [4.69, 9.17) is 4.74 Å². The summed E-state index contributed by atoms with van der Waals surface area (Å²) in [5.41, 5.74) is 3.92. The van der Waals surface area contributed by atoms with Crippen LogP contribution in [0.5, 0.6) is 0 Å². The molecule has 0 unspecified atom stereocenters. The number of esters is 1. The van der Waals surface area contributed by atoms with Crippen LogP contribution < -0.4 is 0 Å². The third-order valence-electron chi connectivity index (χ3n) is 2.63. The van der Waals surface area contributed by atoms with Crippen LogP contribution in [-0.4, -0.2) is 12.6 Å². The number of rotatable bonds is 3. The lowest BCUT2D eigenvalue weighted by molar-refractivity contribution is -0.138. The normalized spacial score (nSPS) is 12.0. The van der Waals surface area contributed by atoms with Gasteiger partial charge in [-0.15, -0.1) is 0 Å². The Kier molecular flexibility index (Phi) is 4.29. The Morgan fingerprint density at radius 3 is 2.25 bits per heavy atom. The van der Waals surface area contributed by atoms with E-state index in [1.54, 1.807) is 6.92 Å². The van der Waals surface area contributed by atoms with Crippen LogP contribution >= 0.6 is 0 Å². The largest absolute Gasteiger partial charge is 0.463 e. The van der Waals surface area contributed by atoms with Crippen molar-refractivity contribution in [1.82, 2.24) is 0 Å². The number of allylic oxidation sites excluding steroid dienone is 1. The molecule has 1 aromatic carbocycles. The molecule has 0 bridgehead atoms. The van der Waals surface area contributed by atoms with Crippen LogP contribution in [0.25, 0.3) is 5.57 Å². The molecule has 0 saturated heterocycles. The molecule has 0 aliphatic heterocycles. The van der Waals surface area contributed by atoms with Gasteiger partial charge in [0.15, 0.2) is 0 Å². The first-order chi connectivity index (χ1) is 7.56. The van der Waals surface area contributed by atoms with Gasteiger partial charge in [0, 0.05) is 5.57 Å². The van der Waals surface area contributed by atoms with Gasteiger partial charge in [0.2, 0.25) is 0 Å². The van der Waals surface area contributed by atoms with Crippen molar-refractivity contribution in [3.63, 3.8) is 0 Å². The van der Waals surface area contributed by atoms with Crippen molar-refractivity contribution in [2.45, 2.75) is 27.7 Å². The average Bonchev–Trinajstić information content (AvgIpc) is 2.28. The lowest BCUT2D eigenvalue weighted by atomic mass is 10.0. The van der Waals surface area contributed by atoms with E-state index in [0.717, 1.165) is 11.1 Å². The van der Waals surface area contributed by atoms with Gasteiger partial charge in [-0.25, -0.2) is 4.79 Å². The zero-order valence-electron chi connectivity index (χ0n) is 10.3. The van der Waals surface area contributed by atoms with Gasteiger partial charge in [0.25, 0.3) is 0 Å². The minimum Gasteiger partial charge on any atom is -0.463 e. The molecule has 0 aliphatic rings. The molecule has 0 spiro atoms. The van der Waals surface area contributed by atoms with Gasteiger partial charge >= 0.3 is 5.97 Å². The molecule has 0 radical (unpaired) electrons. The molecule has 0 N–H and O–H groups in total. The lowest BCUT2D eigenvalue weighted by Crippen LogP contribution is -2.06. The Bertz CT molecular complexity index is 399. The second-order valence-corrected chi connectivity index (χ2v) is 3.84. The van der Waals surface area contributed by atoms with E-state index in [0.29, 0.717) is 12.2 Å². The lowest BCUT2D eigenvalue weighted by Gasteiger charge is -2.07. The second kappa shape index (κ2) is 5.50. The third-order valence-corrected chi connectivity index (χ3v) is 2.63. The summed E-state index contributed by atoms with van der Waals surface area (Å²) in [6.07, 6.45) is 0. The summed E-state index contributed by atoms with van der Waals surface area (Å²) in [6, 6.07) is 8.12. The summed E-state index contributed by atoms with van der Waals surface area (Å²) >= 11 is 0. The molecule has 16 heavy (non-hydrogen) atoms. The van der Waals surface area contributed by atoms with Crippen LogP contribution in [0.4, 0.5) is 0 Å². The Morgan fingerprint density at radius 1 is 1.19 bits per heavy atom. The SMILES string of the molecule is CCOC(=O)/C(C)=C(\C)c1ccc(C)cc1. The van der Waals surface area contributed by atoms with Crippen LogP contribution in [0.15, 0.2) is 29.8 Å². The summed E-state index contributed by atoms with van der Waals surface area (Å²) in [6.45, 7) is 8.01. The Hall–Kier alpha value is -1.57. The summed E-state index contributed by atoms with van der Waals surface area (Å²) in [4.78, 5) is 11.5. The number of benzene rings is 1. The highest BCUT2D eigenvalue weighted by Gasteiger charge is 2.09. The number of carbonyl (C=O) groups excluding carboxylic acids is 1. The summed E-state index contributed by atoms with van der Waals surface area (Å²) < 4.78 is 4.97. The first-order valence-electron chi connectivity index (χ1n) is 5.48. The summed E-state index contributed by atoms with van der Waals surface area (Å²) in [5.74, 6) is -0.236.